The maximum atomic E-state index is 12.4. The van der Waals surface area contributed by atoms with Crippen molar-refractivity contribution in [2.24, 2.45) is 5.92 Å². The Morgan fingerprint density at radius 1 is 1.00 bits per heavy atom. The van der Waals surface area contributed by atoms with Gasteiger partial charge in [0.05, 0.1) is 0 Å². The van der Waals surface area contributed by atoms with E-state index in [1.165, 1.54) is 44.9 Å². The molecule has 1 N–H and O–H groups in total. The molecule has 2 saturated carbocycles. The first-order valence-electron chi connectivity index (χ1n) is 11.0. The third kappa shape index (κ3) is 4.81. The number of pyridine rings is 1. The van der Waals surface area contributed by atoms with Gasteiger partial charge in [-0.3, -0.25) is 9.69 Å². The number of carbonyl (C=O) groups excluding carboxylic acids is 1. The molecule has 0 atom stereocenters. The van der Waals surface area contributed by atoms with Crippen LogP contribution in [0.1, 0.15) is 63.4 Å². The third-order valence-electron chi connectivity index (χ3n) is 6.73. The largest absolute Gasteiger partial charge is 0.354 e. The molecule has 0 bridgehead atoms. The van der Waals surface area contributed by atoms with E-state index in [9.17, 15) is 4.79 Å². The summed E-state index contributed by atoms with van der Waals surface area (Å²) in [6, 6.07) is 5.01. The van der Waals surface area contributed by atoms with Crippen LogP contribution in [-0.2, 0) is 11.3 Å². The fourth-order valence-electron chi connectivity index (χ4n) is 5.03. The molecule has 4 rings (SSSR count). The Kier molecular flexibility index (Phi) is 6.28. The number of nitrogens with one attached hydrogen (secondary N) is 1. The quantitative estimate of drug-likeness (QED) is 0.864. The topological polar surface area (TPSA) is 48.5 Å². The fraction of sp³-hybridized carbons (Fsp3) is 0.727. The van der Waals surface area contributed by atoms with Crippen molar-refractivity contribution in [3.05, 3.63) is 23.9 Å². The molecule has 5 nitrogen and oxygen atoms in total. The van der Waals surface area contributed by atoms with Gasteiger partial charge in [0.25, 0.3) is 0 Å². The number of carbonyl (C=O) groups is 1. The average Bonchev–Trinajstić information content (AvgIpc) is 3.28. The van der Waals surface area contributed by atoms with Crippen LogP contribution in [0.15, 0.2) is 18.3 Å². The van der Waals surface area contributed by atoms with Crippen LogP contribution < -0.4 is 10.2 Å². The number of nitrogens with zero attached hydrogens (tertiary/aromatic N) is 3. The number of rotatable bonds is 5. The number of aromatic nitrogens is 1. The highest BCUT2D eigenvalue weighted by molar-refractivity contribution is 5.78. The summed E-state index contributed by atoms with van der Waals surface area (Å²) in [6.07, 6.45) is 13.3. The van der Waals surface area contributed by atoms with Crippen LogP contribution in [0.2, 0.25) is 0 Å². The van der Waals surface area contributed by atoms with Gasteiger partial charge in [-0.05, 0) is 43.4 Å². The Bertz CT molecular complexity index is 614. The van der Waals surface area contributed by atoms with E-state index in [2.05, 4.69) is 26.2 Å². The maximum Gasteiger partial charge on any atom is 0.223 e. The second kappa shape index (κ2) is 9.05. The fourth-order valence-corrected chi connectivity index (χ4v) is 5.03. The zero-order valence-electron chi connectivity index (χ0n) is 16.5. The van der Waals surface area contributed by atoms with Crippen molar-refractivity contribution in [3.63, 3.8) is 0 Å². The Balaban J connectivity index is 1.28. The number of amides is 1. The Morgan fingerprint density at radius 2 is 1.70 bits per heavy atom. The highest BCUT2D eigenvalue weighted by atomic mass is 16.1. The monoisotopic (exact) mass is 370 g/mol. The molecular formula is C22H34N4O. The van der Waals surface area contributed by atoms with E-state index in [1.54, 1.807) is 0 Å². The molecule has 1 aromatic heterocycles. The van der Waals surface area contributed by atoms with E-state index in [1.807, 2.05) is 12.3 Å². The van der Waals surface area contributed by atoms with Gasteiger partial charge in [0.15, 0.2) is 0 Å². The number of piperazine rings is 1. The molecule has 0 spiro atoms. The van der Waals surface area contributed by atoms with Gasteiger partial charge in [0, 0.05) is 50.9 Å². The lowest BCUT2D eigenvalue weighted by atomic mass is 9.88. The summed E-state index contributed by atoms with van der Waals surface area (Å²) < 4.78 is 0. The molecule has 3 aliphatic rings. The van der Waals surface area contributed by atoms with Crippen LogP contribution >= 0.6 is 0 Å². The Morgan fingerprint density at radius 3 is 2.44 bits per heavy atom. The van der Waals surface area contributed by atoms with Crippen molar-refractivity contribution in [1.82, 2.24) is 15.2 Å². The van der Waals surface area contributed by atoms with Crippen molar-refractivity contribution in [1.29, 1.82) is 0 Å². The molecule has 0 aromatic carbocycles. The molecule has 0 radical (unpaired) electrons. The van der Waals surface area contributed by atoms with Crippen LogP contribution in [0, 0.1) is 5.92 Å². The SMILES string of the molecule is O=C(NCc1ccnc(N2CCN(C3CCCC3)CC2)c1)C1CCCCC1. The van der Waals surface area contributed by atoms with Crippen LogP contribution in [-0.4, -0.2) is 48.0 Å². The Hall–Kier alpha value is -1.62. The summed E-state index contributed by atoms with van der Waals surface area (Å²) in [5, 5.41) is 3.15. The van der Waals surface area contributed by atoms with E-state index >= 15 is 0 Å². The first kappa shape index (κ1) is 18.7. The predicted molar refractivity (Wildman–Crippen MR) is 109 cm³/mol. The molecule has 5 heteroatoms. The molecule has 0 unspecified atom stereocenters. The summed E-state index contributed by atoms with van der Waals surface area (Å²) in [4.78, 5) is 22.1. The molecule has 1 aromatic rings. The average molecular weight is 371 g/mol. The number of hydrogen-bond donors (Lipinski definition) is 1. The zero-order chi connectivity index (χ0) is 18.5. The minimum absolute atomic E-state index is 0.226. The summed E-state index contributed by atoms with van der Waals surface area (Å²) in [6.45, 7) is 5.03. The van der Waals surface area contributed by atoms with Crippen LogP contribution in [0.3, 0.4) is 0 Å². The minimum Gasteiger partial charge on any atom is -0.354 e. The van der Waals surface area contributed by atoms with Crippen molar-refractivity contribution in [3.8, 4) is 0 Å². The second-order valence-corrected chi connectivity index (χ2v) is 8.54. The van der Waals surface area contributed by atoms with E-state index < -0.39 is 0 Å². The lowest BCUT2D eigenvalue weighted by molar-refractivity contribution is -0.126. The molecule has 27 heavy (non-hydrogen) atoms. The smallest absolute Gasteiger partial charge is 0.223 e. The first-order valence-corrected chi connectivity index (χ1v) is 11.0. The summed E-state index contributed by atoms with van der Waals surface area (Å²) in [7, 11) is 0. The highest BCUT2D eigenvalue weighted by Crippen LogP contribution is 2.26. The molecule has 2 aliphatic carbocycles. The van der Waals surface area contributed by atoms with Crippen molar-refractivity contribution < 1.29 is 4.79 Å². The molecule has 1 saturated heterocycles. The zero-order valence-corrected chi connectivity index (χ0v) is 16.5. The number of anilines is 1. The summed E-state index contributed by atoms with van der Waals surface area (Å²) >= 11 is 0. The lowest BCUT2D eigenvalue weighted by Gasteiger charge is -2.38. The maximum absolute atomic E-state index is 12.4. The standard InChI is InChI=1S/C22H34N4O/c27-22(19-6-2-1-3-7-19)24-17-18-10-11-23-21(16-18)26-14-12-25(13-15-26)20-8-4-5-9-20/h10-11,16,19-20H,1-9,12-15,17H2,(H,24,27). The van der Waals surface area contributed by atoms with E-state index in [0.29, 0.717) is 6.54 Å². The third-order valence-corrected chi connectivity index (χ3v) is 6.73. The molecule has 3 fully saturated rings. The van der Waals surface area contributed by atoms with Crippen LogP contribution in [0.4, 0.5) is 5.82 Å². The van der Waals surface area contributed by atoms with Crippen LogP contribution in [0.5, 0.6) is 0 Å². The van der Waals surface area contributed by atoms with Crippen LogP contribution in [0.25, 0.3) is 0 Å². The summed E-state index contributed by atoms with van der Waals surface area (Å²) in [5.41, 5.74) is 1.15. The molecular weight excluding hydrogens is 336 g/mol. The summed E-state index contributed by atoms with van der Waals surface area (Å²) in [5.74, 6) is 1.52. The second-order valence-electron chi connectivity index (χ2n) is 8.54. The first-order chi connectivity index (χ1) is 13.3. The van der Waals surface area contributed by atoms with Gasteiger partial charge in [-0.2, -0.15) is 0 Å². The molecule has 1 amide bonds. The minimum atomic E-state index is 0.226. The van der Waals surface area contributed by atoms with E-state index in [-0.39, 0.29) is 11.8 Å². The predicted octanol–water partition coefficient (Wildman–Crippen LogP) is 3.34. The normalized spacial score (nSPS) is 22.9. The van der Waals surface area contributed by atoms with E-state index in [4.69, 9.17) is 0 Å². The van der Waals surface area contributed by atoms with Gasteiger partial charge in [-0.1, -0.05) is 32.1 Å². The van der Waals surface area contributed by atoms with Gasteiger partial charge in [-0.25, -0.2) is 4.98 Å². The van der Waals surface area contributed by atoms with Gasteiger partial charge in [0.1, 0.15) is 5.82 Å². The van der Waals surface area contributed by atoms with Gasteiger partial charge in [0.2, 0.25) is 5.91 Å². The van der Waals surface area contributed by atoms with E-state index in [0.717, 1.165) is 56.4 Å². The lowest BCUT2D eigenvalue weighted by Crippen LogP contribution is -2.50. The molecule has 148 valence electrons. The number of hydrogen-bond acceptors (Lipinski definition) is 4. The highest BCUT2D eigenvalue weighted by Gasteiger charge is 2.26. The van der Waals surface area contributed by atoms with Crippen molar-refractivity contribution >= 4 is 11.7 Å². The van der Waals surface area contributed by atoms with Gasteiger partial charge >= 0.3 is 0 Å². The molecule has 1 aliphatic heterocycles. The Labute approximate surface area is 163 Å². The van der Waals surface area contributed by atoms with Crippen molar-refractivity contribution in [2.75, 3.05) is 31.1 Å². The van der Waals surface area contributed by atoms with Gasteiger partial charge < -0.3 is 10.2 Å². The van der Waals surface area contributed by atoms with Gasteiger partial charge in [-0.15, -0.1) is 0 Å². The van der Waals surface area contributed by atoms with Crippen molar-refractivity contribution in [2.45, 2.75) is 70.4 Å². The molecule has 2 heterocycles.